The molecular weight excluding hydrogens is 145 g/mol. The van der Waals surface area contributed by atoms with Gasteiger partial charge in [0.2, 0.25) is 0 Å². The fourth-order valence-electron chi connectivity index (χ4n) is 0.697. The molecule has 9 heavy (non-hydrogen) atoms. The second-order valence-corrected chi connectivity index (χ2v) is 2.12. The van der Waals surface area contributed by atoms with Gasteiger partial charge in [-0.2, -0.15) is 0 Å². The molecule has 0 amide bonds. The first-order chi connectivity index (χ1) is 3.83. The van der Waals surface area contributed by atoms with Crippen molar-refractivity contribution in [2.75, 3.05) is 26.9 Å². The summed E-state index contributed by atoms with van der Waals surface area (Å²) in [5, 5.41) is 2.94. The summed E-state index contributed by atoms with van der Waals surface area (Å²) in [6.45, 7) is 0.927. The summed E-state index contributed by atoms with van der Waals surface area (Å²) in [6, 6.07) is 0. The van der Waals surface area contributed by atoms with Gasteiger partial charge in [-0.25, -0.2) is 4.39 Å². The molecule has 1 heterocycles. The van der Waals surface area contributed by atoms with E-state index in [1.54, 1.807) is 7.11 Å². The Morgan fingerprint density at radius 1 is 1.67 bits per heavy atom. The number of rotatable bonds is 2. The van der Waals surface area contributed by atoms with Crippen LogP contribution >= 0.6 is 12.4 Å². The summed E-state index contributed by atoms with van der Waals surface area (Å²) in [5.41, 5.74) is -0.472. The average Bonchev–Trinajstić information content (AvgIpc) is 1.67. The van der Waals surface area contributed by atoms with Crippen molar-refractivity contribution in [3.63, 3.8) is 0 Å². The SMILES string of the molecule is COC1(CF)CNC1.Cl. The topological polar surface area (TPSA) is 21.3 Å². The van der Waals surface area contributed by atoms with E-state index in [4.69, 9.17) is 4.74 Å². The lowest BCUT2D eigenvalue weighted by Crippen LogP contribution is -2.62. The number of halogens is 2. The van der Waals surface area contributed by atoms with Crippen molar-refractivity contribution in [2.24, 2.45) is 0 Å². The highest BCUT2D eigenvalue weighted by Gasteiger charge is 2.36. The fourth-order valence-corrected chi connectivity index (χ4v) is 0.697. The van der Waals surface area contributed by atoms with Gasteiger partial charge in [0.15, 0.2) is 0 Å². The Kier molecular flexibility index (Phi) is 3.40. The quantitative estimate of drug-likeness (QED) is 0.622. The molecule has 1 N–H and O–H groups in total. The van der Waals surface area contributed by atoms with E-state index in [2.05, 4.69) is 5.32 Å². The van der Waals surface area contributed by atoms with Crippen molar-refractivity contribution in [2.45, 2.75) is 5.60 Å². The van der Waals surface area contributed by atoms with Gasteiger partial charge in [0, 0.05) is 20.2 Å². The Morgan fingerprint density at radius 3 is 2.22 bits per heavy atom. The zero-order valence-electron chi connectivity index (χ0n) is 5.32. The molecule has 1 rings (SSSR count). The molecule has 1 aliphatic heterocycles. The van der Waals surface area contributed by atoms with Gasteiger partial charge in [-0.15, -0.1) is 12.4 Å². The number of nitrogens with one attached hydrogen (secondary N) is 1. The molecule has 1 aliphatic rings. The maximum absolute atomic E-state index is 11.9. The van der Waals surface area contributed by atoms with Crippen molar-refractivity contribution < 1.29 is 9.13 Å². The molecule has 4 heteroatoms. The number of methoxy groups -OCH3 is 1. The fraction of sp³-hybridized carbons (Fsp3) is 1.00. The third-order valence-corrected chi connectivity index (χ3v) is 1.57. The standard InChI is InChI=1S/C5H10FNO.ClH/c1-8-5(2-6)3-7-4-5;/h7H,2-4H2,1H3;1H. The predicted octanol–water partition coefficient (Wildman–Crippen LogP) is 0.366. The van der Waals surface area contributed by atoms with Crippen LogP contribution in [0.5, 0.6) is 0 Å². The largest absolute Gasteiger partial charge is 0.373 e. The Hall–Kier alpha value is 0.140. The summed E-state index contributed by atoms with van der Waals surface area (Å²) in [7, 11) is 1.54. The van der Waals surface area contributed by atoms with Crippen molar-refractivity contribution in [1.82, 2.24) is 5.32 Å². The van der Waals surface area contributed by atoms with E-state index in [1.165, 1.54) is 0 Å². The van der Waals surface area contributed by atoms with Crippen LogP contribution in [-0.4, -0.2) is 32.5 Å². The number of ether oxygens (including phenoxy) is 1. The van der Waals surface area contributed by atoms with Gasteiger partial charge >= 0.3 is 0 Å². The molecule has 0 atom stereocenters. The van der Waals surface area contributed by atoms with E-state index >= 15 is 0 Å². The molecule has 1 saturated heterocycles. The van der Waals surface area contributed by atoms with E-state index in [-0.39, 0.29) is 19.1 Å². The highest BCUT2D eigenvalue weighted by molar-refractivity contribution is 5.85. The van der Waals surface area contributed by atoms with Crippen LogP contribution in [0, 0.1) is 0 Å². The maximum Gasteiger partial charge on any atom is 0.121 e. The van der Waals surface area contributed by atoms with Crippen molar-refractivity contribution in [3.05, 3.63) is 0 Å². The van der Waals surface area contributed by atoms with Crippen LogP contribution < -0.4 is 5.32 Å². The second kappa shape index (κ2) is 3.34. The molecular formula is C5H11ClFNO. The third kappa shape index (κ3) is 1.53. The summed E-state index contributed by atoms with van der Waals surface area (Å²) < 4.78 is 16.8. The zero-order chi connectivity index (χ0) is 6.04. The van der Waals surface area contributed by atoms with Crippen molar-refractivity contribution in [3.8, 4) is 0 Å². The van der Waals surface area contributed by atoms with Crippen LogP contribution in [-0.2, 0) is 4.74 Å². The molecule has 0 spiro atoms. The summed E-state index contributed by atoms with van der Waals surface area (Å²) in [6.07, 6.45) is 0. The van der Waals surface area contributed by atoms with Crippen LogP contribution in [0.25, 0.3) is 0 Å². The molecule has 0 aromatic heterocycles. The lowest BCUT2D eigenvalue weighted by Gasteiger charge is -2.38. The molecule has 0 aromatic rings. The number of alkyl halides is 1. The van der Waals surface area contributed by atoms with Crippen LogP contribution in [0.2, 0.25) is 0 Å². The highest BCUT2D eigenvalue weighted by atomic mass is 35.5. The molecule has 0 bridgehead atoms. The van der Waals surface area contributed by atoms with Crippen LogP contribution in [0.3, 0.4) is 0 Å². The molecule has 56 valence electrons. The summed E-state index contributed by atoms with van der Waals surface area (Å²) in [4.78, 5) is 0. The molecule has 0 unspecified atom stereocenters. The van der Waals surface area contributed by atoms with Gasteiger partial charge in [-0.05, 0) is 0 Å². The van der Waals surface area contributed by atoms with Gasteiger partial charge in [0.25, 0.3) is 0 Å². The van der Waals surface area contributed by atoms with E-state index in [0.29, 0.717) is 13.1 Å². The minimum atomic E-state index is -0.472. The number of hydrogen-bond acceptors (Lipinski definition) is 2. The molecule has 0 saturated carbocycles. The zero-order valence-corrected chi connectivity index (χ0v) is 6.13. The molecule has 0 radical (unpaired) electrons. The minimum absolute atomic E-state index is 0. The predicted molar refractivity (Wildman–Crippen MR) is 35.8 cm³/mol. The molecule has 1 fully saturated rings. The Balaban J connectivity index is 0.000000640. The van der Waals surface area contributed by atoms with E-state index < -0.39 is 5.60 Å². The first-order valence-corrected chi connectivity index (χ1v) is 2.65. The first-order valence-electron chi connectivity index (χ1n) is 2.65. The Bertz CT molecular complexity index is 73.5. The third-order valence-electron chi connectivity index (χ3n) is 1.57. The lowest BCUT2D eigenvalue weighted by molar-refractivity contribution is -0.0664. The normalized spacial score (nSPS) is 22.0. The van der Waals surface area contributed by atoms with Crippen molar-refractivity contribution in [1.29, 1.82) is 0 Å². The van der Waals surface area contributed by atoms with Crippen LogP contribution in [0.1, 0.15) is 0 Å². The Morgan fingerprint density at radius 2 is 2.22 bits per heavy atom. The highest BCUT2D eigenvalue weighted by Crippen LogP contribution is 2.14. The van der Waals surface area contributed by atoms with Gasteiger partial charge < -0.3 is 10.1 Å². The molecule has 2 nitrogen and oxygen atoms in total. The van der Waals surface area contributed by atoms with E-state index in [1.807, 2.05) is 0 Å². The van der Waals surface area contributed by atoms with E-state index in [9.17, 15) is 4.39 Å². The minimum Gasteiger partial charge on any atom is -0.373 e. The molecule has 0 aliphatic carbocycles. The lowest BCUT2D eigenvalue weighted by atomic mass is 9.99. The van der Waals surface area contributed by atoms with Gasteiger partial charge in [0.1, 0.15) is 12.3 Å². The maximum atomic E-state index is 11.9. The monoisotopic (exact) mass is 155 g/mol. The van der Waals surface area contributed by atoms with Crippen molar-refractivity contribution >= 4 is 12.4 Å². The number of hydrogen-bond donors (Lipinski definition) is 1. The summed E-state index contributed by atoms with van der Waals surface area (Å²) in [5.74, 6) is 0. The second-order valence-electron chi connectivity index (χ2n) is 2.12. The van der Waals surface area contributed by atoms with Crippen LogP contribution in [0.15, 0.2) is 0 Å². The van der Waals surface area contributed by atoms with Gasteiger partial charge in [-0.1, -0.05) is 0 Å². The average molecular weight is 156 g/mol. The van der Waals surface area contributed by atoms with Gasteiger partial charge in [0.05, 0.1) is 0 Å². The summed E-state index contributed by atoms with van der Waals surface area (Å²) >= 11 is 0. The first kappa shape index (κ1) is 9.14. The molecule has 0 aromatic carbocycles. The van der Waals surface area contributed by atoms with Gasteiger partial charge in [-0.3, -0.25) is 0 Å². The van der Waals surface area contributed by atoms with Crippen LogP contribution in [0.4, 0.5) is 4.39 Å². The smallest absolute Gasteiger partial charge is 0.121 e. The van der Waals surface area contributed by atoms with E-state index in [0.717, 1.165) is 0 Å². The Labute approximate surface area is 60.2 Å².